The van der Waals surface area contributed by atoms with Crippen molar-refractivity contribution in [1.29, 1.82) is 0 Å². The highest BCUT2D eigenvalue weighted by atomic mass is 127. The number of hydrazone groups is 1. The van der Waals surface area contributed by atoms with Crippen LogP contribution in [0.3, 0.4) is 0 Å². The van der Waals surface area contributed by atoms with Crippen molar-refractivity contribution >= 4 is 39.6 Å². The van der Waals surface area contributed by atoms with Gasteiger partial charge in [0.1, 0.15) is 0 Å². The second-order valence-corrected chi connectivity index (χ2v) is 6.17. The summed E-state index contributed by atoms with van der Waals surface area (Å²) in [5.74, 6) is 0. The third kappa shape index (κ3) is 2.37. The lowest BCUT2D eigenvalue weighted by Gasteiger charge is -2.09. The summed E-state index contributed by atoms with van der Waals surface area (Å²) < 4.78 is 1.27. The molecule has 17 heavy (non-hydrogen) atoms. The molecule has 1 aliphatic rings. The molecule has 4 heteroatoms. The fraction of sp³-hybridized carbons (Fsp3) is 0.154. The number of benzene rings is 1. The lowest BCUT2D eigenvalue weighted by Crippen LogP contribution is -2.09. The van der Waals surface area contributed by atoms with Crippen molar-refractivity contribution in [3.05, 3.63) is 55.8 Å². The highest BCUT2D eigenvalue weighted by Crippen LogP contribution is 2.26. The van der Waals surface area contributed by atoms with Crippen LogP contribution in [0.4, 0.5) is 0 Å². The number of rotatable bonds is 2. The fourth-order valence-electron chi connectivity index (χ4n) is 1.93. The molecule has 1 atom stereocenters. The van der Waals surface area contributed by atoms with Gasteiger partial charge >= 0.3 is 0 Å². The summed E-state index contributed by atoms with van der Waals surface area (Å²) in [6.45, 7) is 0. The summed E-state index contributed by atoms with van der Waals surface area (Å²) in [6, 6.07) is 13.1. The van der Waals surface area contributed by atoms with E-state index >= 15 is 0 Å². The van der Waals surface area contributed by atoms with Gasteiger partial charge in [0.15, 0.2) is 0 Å². The zero-order valence-corrected chi connectivity index (χ0v) is 12.0. The highest BCUT2D eigenvalue weighted by molar-refractivity contribution is 14.1. The normalized spacial score (nSPS) is 18.9. The van der Waals surface area contributed by atoms with E-state index in [0.717, 1.165) is 6.42 Å². The molecule has 1 aromatic heterocycles. The van der Waals surface area contributed by atoms with Crippen LogP contribution in [0.2, 0.25) is 0 Å². The quantitative estimate of drug-likeness (QED) is 0.816. The van der Waals surface area contributed by atoms with Crippen LogP contribution in [0.25, 0.3) is 0 Å². The molecule has 0 spiro atoms. The molecule has 0 saturated carbocycles. The van der Waals surface area contributed by atoms with Crippen LogP contribution in [0.15, 0.2) is 46.9 Å². The predicted molar refractivity (Wildman–Crippen MR) is 80.5 cm³/mol. The van der Waals surface area contributed by atoms with Gasteiger partial charge in [-0.3, -0.25) is 0 Å². The van der Waals surface area contributed by atoms with E-state index in [4.69, 9.17) is 0 Å². The standard InChI is InChI=1S/C13H11IN2S/c14-10-5-3-9(4-6-10)11-8-12(16-15-11)13-2-1-7-17-13/h1-7,11,15H,8H2. The minimum absolute atomic E-state index is 0.323. The van der Waals surface area contributed by atoms with Crippen LogP contribution in [-0.2, 0) is 0 Å². The van der Waals surface area contributed by atoms with E-state index in [1.54, 1.807) is 11.3 Å². The molecule has 1 aromatic carbocycles. The van der Waals surface area contributed by atoms with Gasteiger partial charge in [0.2, 0.25) is 0 Å². The van der Waals surface area contributed by atoms with Gasteiger partial charge in [-0.15, -0.1) is 11.3 Å². The van der Waals surface area contributed by atoms with Gasteiger partial charge in [0.25, 0.3) is 0 Å². The topological polar surface area (TPSA) is 24.4 Å². The molecular formula is C13H11IN2S. The maximum atomic E-state index is 4.43. The maximum absolute atomic E-state index is 4.43. The zero-order valence-electron chi connectivity index (χ0n) is 9.06. The maximum Gasteiger partial charge on any atom is 0.0799 e. The predicted octanol–water partition coefficient (Wildman–Crippen LogP) is 3.79. The fourth-order valence-corrected chi connectivity index (χ4v) is 3.01. The van der Waals surface area contributed by atoms with Crippen molar-refractivity contribution in [2.45, 2.75) is 12.5 Å². The van der Waals surface area contributed by atoms with Crippen molar-refractivity contribution in [2.24, 2.45) is 5.10 Å². The number of nitrogens with zero attached hydrogens (tertiary/aromatic N) is 1. The molecule has 1 aliphatic heterocycles. The molecule has 0 saturated heterocycles. The molecule has 0 aliphatic carbocycles. The van der Waals surface area contributed by atoms with Crippen molar-refractivity contribution in [3.8, 4) is 0 Å². The molecule has 3 rings (SSSR count). The van der Waals surface area contributed by atoms with Crippen LogP contribution in [-0.4, -0.2) is 5.71 Å². The molecule has 0 fully saturated rings. The number of nitrogens with one attached hydrogen (secondary N) is 1. The Bertz CT molecular complexity index is 531. The molecular weight excluding hydrogens is 343 g/mol. The minimum atomic E-state index is 0.323. The number of halogens is 1. The summed E-state index contributed by atoms with van der Waals surface area (Å²) in [7, 11) is 0. The second-order valence-electron chi connectivity index (χ2n) is 3.97. The highest BCUT2D eigenvalue weighted by Gasteiger charge is 2.21. The monoisotopic (exact) mass is 354 g/mol. The van der Waals surface area contributed by atoms with Gasteiger partial charge in [-0.25, -0.2) is 0 Å². The van der Waals surface area contributed by atoms with Gasteiger partial charge in [-0.05, 0) is 51.7 Å². The minimum Gasteiger partial charge on any atom is -0.302 e. The van der Waals surface area contributed by atoms with Gasteiger partial charge in [0.05, 0.1) is 16.6 Å². The molecule has 1 unspecified atom stereocenters. The first-order valence-corrected chi connectivity index (χ1v) is 7.40. The summed E-state index contributed by atoms with van der Waals surface area (Å²) >= 11 is 4.07. The lowest BCUT2D eigenvalue weighted by atomic mass is 10.0. The van der Waals surface area contributed by atoms with E-state index in [9.17, 15) is 0 Å². The van der Waals surface area contributed by atoms with Crippen molar-refractivity contribution < 1.29 is 0 Å². The molecule has 1 N–H and O–H groups in total. The van der Waals surface area contributed by atoms with E-state index in [1.165, 1.54) is 19.7 Å². The molecule has 2 nitrogen and oxygen atoms in total. The molecule has 0 radical (unpaired) electrons. The van der Waals surface area contributed by atoms with Gasteiger partial charge in [-0.2, -0.15) is 5.10 Å². The average molecular weight is 354 g/mol. The largest absolute Gasteiger partial charge is 0.302 e. The van der Waals surface area contributed by atoms with E-state index in [0.29, 0.717) is 6.04 Å². The molecule has 0 bridgehead atoms. The SMILES string of the molecule is Ic1ccc(C2CC(c3cccs3)=NN2)cc1. The average Bonchev–Trinajstić information content (AvgIpc) is 3.00. The first kappa shape index (κ1) is 11.2. The summed E-state index contributed by atoms with van der Waals surface area (Å²) in [5.41, 5.74) is 5.70. The van der Waals surface area contributed by atoms with Crippen LogP contribution in [0.5, 0.6) is 0 Å². The second kappa shape index (κ2) is 4.78. The first-order valence-electron chi connectivity index (χ1n) is 5.44. The van der Waals surface area contributed by atoms with E-state index in [-0.39, 0.29) is 0 Å². The molecule has 2 heterocycles. The Labute approximate surface area is 118 Å². The van der Waals surface area contributed by atoms with Crippen LogP contribution in [0.1, 0.15) is 22.9 Å². The third-order valence-corrected chi connectivity index (χ3v) is 4.47. The van der Waals surface area contributed by atoms with Crippen LogP contribution >= 0.6 is 33.9 Å². The lowest BCUT2D eigenvalue weighted by molar-refractivity contribution is 0.620. The Morgan fingerprint density at radius 3 is 2.76 bits per heavy atom. The van der Waals surface area contributed by atoms with Crippen molar-refractivity contribution in [3.63, 3.8) is 0 Å². The number of hydrogen-bond donors (Lipinski definition) is 1. The Morgan fingerprint density at radius 1 is 1.24 bits per heavy atom. The smallest absolute Gasteiger partial charge is 0.0799 e. The van der Waals surface area contributed by atoms with E-state index in [1.807, 2.05) is 0 Å². The third-order valence-electron chi connectivity index (χ3n) is 2.83. The Hall–Kier alpha value is -0.880. The Kier molecular flexibility index (Phi) is 3.15. The van der Waals surface area contributed by atoms with E-state index < -0.39 is 0 Å². The summed E-state index contributed by atoms with van der Waals surface area (Å²) in [5, 5.41) is 6.53. The van der Waals surface area contributed by atoms with Crippen molar-refractivity contribution in [1.82, 2.24) is 5.43 Å². The first-order chi connectivity index (χ1) is 8.33. The van der Waals surface area contributed by atoms with Gasteiger partial charge in [-0.1, -0.05) is 18.2 Å². The molecule has 0 amide bonds. The number of hydrogen-bond acceptors (Lipinski definition) is 3. The van der Waals surface area contributed by atoms with E-state index in [2.05, 4.69) is 74.9 Å². The summed E-state index contributed by atoms with van der Waals surface area (Å²) in [4.78, 5) is 1.27. The molecule has 2 aromatic rings. The van der Waals surface area contributed by atoms with Gasteiger partial charge < -0.3 is 5.43 Å². The molecule has 86 valence electrons. The van der Waals surface area contributed by atoms with Crippen molar-refractivity contribution in [2.75, 3.05) is 0 Å². The summed E-state index contributed by atoms with van der Waals surface area (Å²) in [6.07, 6.45) is 0.973. The van der Waals surface area contributed by atoms with Crippen LogP contribution in [0, 0.1) is 3.57 Å². The van der Waals surface area contributed by atoms with Gasteiger partial charge in [0, 0.05) is 9.99 Å². The Morgan fingerprint density at radius 2 is 2.06 bits per heavy atom. The number of thiophene rings is 1. The van der Waals surface area contributed by atoms with Crippen LogP contribution < -0.4 is 5.43 Å². The zero-order chi connectivity index (χ0) is 11.7. The Balaban J connectivity index is 1.76.